The molecule has 0 atom stereocenters. The first-order chi connectivity index (χ1) is 16.7. The molecule has 2 aliphatic rings. The number of rotatable bonds is 6. The molecule has 174 valence electrons. The van der Waals surface area contributed by atoms with Crippen molar-refractivity contribution in [3.8, 4) is 17.4 Å². The highest BCUT2D eigenvalue weighted by atomic mass is 32.2. The number of hydrogen-bond acceptors (Lipinski definition) is 7. The number of ether oxygens (including phenoxy) is 1. The van der Waals surface area contributed by atoms with Gasteiger partial charge in [0.2, 0.25) is 5.91 Å². The third-order valence-electron chi connectivity index (χ3n) is 6.19. The molecular weight excluding hydrogens is 448 g/mol. The first kappa shape index (κ1) is 22.5. The maximum atomic E-state index is 12.7. The number of morpholine rings is 1. The number of aryl methyl sites for hydroxylation is 1. The average molecular weight is 475 g/mol. The number of thioether (sulfide) groups is 1. The second kappa shape index (κ2) is 10.3. The number of furan rings is 1. The molecule has 0 saturated carbocycles. The maximum absolute atomic E-state index is 12.7. The van der Waals surface area contributed by atoms with Crippen LogP contribution in [0.3, 0.4) is 0 Å². The number of benzene rings is 1. The van der Waals surface area contributed by atoms with Gasteiger partial charge in [0.1, 0.15) is 16.9 Å². The zero-order valence-corrected chi connectivity index (χ0v) is 19.7. The lowest BCUT2D eigenvalue weighted by Crippen LogP contribution is -2.36. The van der Waals surface area contributed by atoms with Crippen LogP contribution in [-0.2, 0) is 22.4 Å². The zero-order chi connectivity index (χ0) is 23.3. The molecule has 1 saturated heterocycles. The lowest BCUT2D eigenvalue weighted by atomic mass is 9.89. The van der Waals surface area contributed by atoms with Crippen molar-refractivity contribution >= 4 is 29.0 Å². The number of nitriles is 1. The van der Waals surface area contributed by atoms with E-state index in [-0.39, 0.29) is 11.7 Å². The topological polar surface area (TPSA) is 91.4 Å². The number of carbonyl (C=O) groups excluding carboxylic acids is 1. The number of hydrogen-bond donors (Lipinski definition) is 1. The van der Waals surface area contributed by atoms with Gasteiger partial charge >= 0.3 is 0 Å². The van der Waals surface area contributed by atoms with Crippen LogP contribution in [-0.4, -0.2) is 42.9 Å². The summed E-state index contributed by atoms with van der Waals surface area (Å²) in [5.74, 6) is 0.722. The van der Waals surface area contributed by atoms with Crippen molar-refractivity contribution in [2.45, 2.75) is 30.7 Å². The largest absolute Gasteiger partial charge is 0.464 e. The second-order valence-electron chi connectivity index (χ2n) is 8.37. The molecule has 1 aliphatic carbocycles. The van der Waals surface area contributed by atoms with Crippen LogP contribution in [0.15, 0.2) is 52.1 Å². The van der Waals surface area contributed by atoms with E-state index in [1.165, 1.54) is 11.8 Å². The maximum Gasteiger partial charge on any atom is 0.234 e. The molecule has 1 aromatic carbocycles. The molecule has 34 heavy (non-hydrogen) atoms. The van der Waals surface area contributed by atoms with Crippen LogP contribution in [0.5, 0.6) is 0 Å². The molecule has 0 radical (unpaired) electrons. The van der Waals surface area contributed by atoms with Gasteiger partial charge in [-0.2, -0.15) is 5.26 Å². The Bertz CT molecular complexity index is 1200. The van der Waals surface area contributed by atoms with Gasteiger partial charge in [-0.1, -0.05) is 11.8 Å². The molecule has 2 aromatic heterocycles. The minimum atomic E-state index is -0.132. The minimum Gasteiger partial charge on any atom is -0.464 e. The summed E-state index contributed by atoms with van der Waals surface area (Å²) in [6.07, 6.45) is 5.54. The number of amides is 1. The summed E-state index contributed by atoms with van der Waals surface area (Å²) in [5, 5.41) is 13.5. The number of nitrogens with one attached hydrogen (secondary N) is 1. The van der Waals surface area contributed by atoms with Gasteiger partial charge in [0.05, 0.1) is 30.8 Å². The third kappa shape index (κ3) is 4.81. The highest BCUT2D eigenvalue weighted by molar-refractivity contribution is 8.00. The van der Waals surface area contributed by atoms with Crippen molar-refractivity contribution in [3.05, 3.63) is 59.5 Å². The molecule has 0 unspecified atom stereocenters. The monoisotopic (exact) mass is 474 g/mol. The van der Waals surface area contributed by atoms with E-state index in [0.29, 0.717) is 16.3 Å². The number of pyridine rings is 1. The van der Waals surface area contributed by atoms with E-state index in [4.69, 9.17) is 14.1 Å². The summed E-state index contributed by atoms with van der Waals surface area (Å²) in [6, 6.07) is 13.9. The van der Waals surface area contributed by atoms with Crippen LogP contribution in [0.4, 0.5) is 11.4 Å². The van der Waals surface area contributed by atoms with E-state index < -0.39 is 0 Å². The molecule has 1 N–H and O–H groups in total. The fraction of sp³-hybridized carbons (Fsp3) is 0.346. The van der Waals surface area contributed by atoms with Crippen LogP contribution in [0.25, 0.3) is 11.3 Å². The fourth-order valence-corrected chi connectivity index (χ4v) is 5.33. The first-order valence-corrected chi connectivity index (χ1v) is 12.6. The predicted molar refractivity (Wildman–Crippen MR) is 132 cm³/mol. The molecular formula is C26H26N4O3S. The third-order valence-corrected chi connectivity index (χ3v) is 7.16. The summed E-state index contributed by atoms with van der Waals surface area (Å²) >= 11 is 1.30. The Morgan fingerprint density at radius 3 is 2.68 bits per heavy atom. The van der Waals surface area contributed by atoms with E-state index in [1.807, 2.05) is 36.4 Å². The van der Waals surface area contributed by atoms with Crippen molar-refractivity contribution in [2.24, 2.45) is 0 Å². The summed E-state index contributed by atoms with van der Waals surface area (Å²) in [5.41, 5.74) is 5.31. The van der Waals surface area contributed by atoms with Gasteiger partial charge in [-0.25, -0.2) is 4.98 Å². The van der Waals surface area contributed by atoms with Crippen LogP contribution in [0.2, 0.25) is 0 Å². The lowest BCUT2D eigenvalue weighted by Gasteiger charge is -2.28. The van der Waals surface area contributed by atoms with E-state index in [2.05, 4.69) is 16.3 Å². The van der Waals surface area contributed by atoms with Crippen molar-refractivity contribution in [1.82, 2.24) is 4.98 Å². The Balaban J connectivity index is 1.30. The van der Waals surface area contributed by atoms with Gasteiger partial charge in [-0.3, -0.25) is 4.79 Å². The number of fused-ring (bicyclic) bond motifs is 1. The summed E-state index contributed by atoms with van der Waals surface area (Å²) in [6.45, 7) is 3.21. The fourth-order valence-electron chi connectivity index (χ4n) is 4.53. The van der Waals surface area contributed by atoms with E-state index >= 15 is 0 Å². The van der Waals surface area contributed by atoms with Crippen molar-refractivity contribution in [1.29, 1.82) is 5.26 Å². The molecule has 1 amide bonds. The van der Waals surface area contributed by atoms with Gasteiger partial charge in [-0.15, -0.1) is 0 Å². The summed E-state index contributed by atoms with van der Waals surface area (Å²) < 4.78 is 11.1. The predicted octanol–water partition coefficient (Wildman–Crippen LogP) is 4.66. The zero-order valence-electron chi connectivity index (χ0n) is 18.9. The quantitative estimate of drug-likeness (QED) is 0.520. The lowest BCUT2D eigenvalue weighted by molar-refractivity contribution is -0.113. The highest BCUT2D eigenvalue weighted by Crippen LogP contribution is 2.38. The molecule has 0 spiro atoms. The molecule has 5 rings (SSSR count). The Labute approximate surface area is 203 Å². The molecule has 1 fully saturated rings. The van der Waals surface area contributed by atoms with Gasteiger partial charge in [0.25, 0.3) is 0 Å². The Morgan fingerprint density at radius 1 is 1.15 bits per heavy atom. The Morgan fingerprint density at radius 2 is 1.94 bits per heavy atom. The number of aromatic nitrogens is 1. The molecule has 8 heteroatoms. The number of anilines is 2. The molecule has 7 nitrogen and oxygen atoms in total. The first-order valence-electron chi connectivity index (χ1n) is 11.6. The van der Waals surface area contributed by atoms with Crippen LogP contribution >= 0.6 is 11.8 Å². The van der Waals surface area contributed by atoms with E-state index in [0.717, 1.165) is 80.2 Å². The normalized spacial score (nSPS) is 15.4. The molecule has 3 heterocycles. The SMILES string of the molecule is N#Cc1c(SCC(=O)Nc2ccc(N3CCOCC3)cc2)nc2c(c1-c1ccco1)CCCC2. The van der Waals surface area contributed by atoms with Crippen LogP contribution < -0.4 is 10.2 Å². The summed E-state index contributed by atoms with van der Waals surface area (Å²) in [4.78, 5) is 19.8. The van der Waals surface area contributed by atoms with Gasteiger partial charge in [-0.05, 0) is 67.6 Å². The van der Waals surface area contributed by atoms with Gasteiger partial charge < -0.3 is 19.4 Å². The molecule has 3 aromatic rings. The highest BCUT2D eigenvalue weighted by Gasteiger charge is 2.25. The van der Waals surface area contributed by atoms with E-state index in [1.54, 1.807) is 6.26 Å². The smallest absolute Gasteiger partial charge is 0.234 e. The molecule has 1 aliphatic heterocycles. The van der Waals surface area contributed by atoms with Crippen molar-refractivity contribution in [2.75, 3.05) is 42.3 Å². The van der Waals surface area contributed by atoms with Gasteiger partial charge in [0, 0.05) is 35.7 Å². The average Bonchev–Trinajstić information content (AvgIpc) is 3.42. The summed E-state index contributed by atoms with van der Waals surface area (Å²) in [7, 11) is 0. The van der Waals surface area contributed by atoms with E-state index in [9.17, 15) is 10.1 Å². The van der Waals surface area contributed by atoms with Crippen LogP contribution in [0, 0.1) is 11.3 Å². The number of nitrogens with zero attached hydrogens (tertiary/aromatic N) is 3. The number of carbonyl (C=O) groups is 1. The minimum absolute atomic E-state index is 0.132. The molecule has 0 bridgehead atoms. The van der Waals surface area contributed by atoms with Crippen LogP contribution in [0.1, 0.15) is 29.7 Å². The Kier molecular flexibility index (Phi) is 6.84. The Hall–Kier alpha value is -3.28. The second-order valence-corrected chi connectivity index (χ2v) is 9.34. The standard InChI is InChI=1S/C26H26N4O3S/c27-16-21-25(23-6-3-13-33-23)20-4-1-2-5-22(20)29-26(21)34-17-24(31)28-18-7-9-19(10-8-18)30-11-14-32-15-12-30/h3,6-10,13H,1-2,4-5,11-12,14-15,17H2,(H,28,31). The van der Waals surface area contributed by atoms with Gasteiger partial charge in [0.15, 0.2) is 0 Å². The van der Waals surface area contributed by atoms with Crippen molar-refractivity contribution < 1.29 is 13.9 Å². The van der Waals surface area contributed by atoms with Crippen molar-refractivity contribution in [3.63, 3.8) is 0 Å².